The van der Waals surface area contributed by atoms with Crippen molar-refractivity contribution in [2.75, 3.05) is 5.32 Å². The molecule has 1 aromatic heterocycles. The molecule has 4 rings (SSSR count). The summed E-state index contributed by atoms with van der Waals surface area (Å²) in [5.74, 6) is -0.0418. The number of nitrogens with one attached hydrogen (secondary N) is 1. The summed E-state index contributed by atoms with van der Waals surface area (Å²) in [4.78, 5) is 24.4. The van der Waals surface area contributed by atoms with Crippen LogP contribution in [0.4, 0.5) is 5.69 Å². The average Bonchev–Trinajstić information content (AvgIpc) is 2.81. The molecule has 0 aliphatic rings. The highest BCUT2D eigenvalue weighted by atomic mass is 16.1. The number of nitrogens with zero attached hydrogens (tertiary/aromatic N) is 1. The zero-order chi connectivity index (χ0) is 21.6. The number of benzene rings is 3. The van der Waals surface area contributed by atoms with Gasteiger partial charge >= 0.3 is 0 Å². The quantitative estimate of drug-likeness (QED) is 0.476. The summed E-state index contributed by atoms with van der Waals surface area (Å²) >= 11 is 0. The van der Waals surface area contributed by atoms with E-state index in [0.717, 1.165) is 27.9 Å². The maximum Gasteiger partial charge on any atom is 0.250 e. The number of rotatable bonds is 6. The first-order valence-electron chi connectivity index (χ1n) is 10.3. The van der Waals surface area contributed by atoms with Gasteiger partial charge in [0.15, 0.2) is 0 Å². The van der Waals surface area contributed by atoms with Crippen LogP contribution >= 0.6 is 0 Å². The highest BCUT2D eigenvalue weighted by molar-refractivity contribution is 5.91. The number of amides is 1. The third-order valence-corrected chi connectivity index (χ3v) is 5.38. The van der Waals surface area contributed by atoms with E-state index in [0.29, 0.717) is 6.42 Å². The molecule has 0 saturated heterocycles. The molecule has 0 saturated carbocycles. The van der Waals surface area contributed by atoms with Gasteiger partial charge in [-0.1, -0.05) is 72.8 Å². The molecule has 0 atom stereocenters. The molecule has 3 aromatic carbocycles. The van der Waals surface area contributed by atoms with Crippen molar-refractivity contribution in [3.63, 3.8) is 0 Å². The van der Waals surface area contributed by atoms with Crippen LogP contribution in [0.3, 0.4) is 0 Å². The summed E-state index contributed by atoms with van der Waals surface area (Å²) < 4.78 is 1.55. The molecule has 1 N–H and O–H groups in total. The lowest BCUT2D eigenvalue weighted by Crippen LogP contribution is -2.16. The Morgan fingerprint density at radius 1 is 0.774 bits per heavy atom. The van der Waals surface area contributed by atoms with Crippen molar-refractivity contribution in [2.45, 2.75) is 12.3 Å². The van der Waals surface area contributed by atoms with E-state index in [1.54, 1.807) is 29.9 Å². The fraction of sp³-hybridized carbons (Fsp3) is 0.111. The molecule has 0 radical (unpaired) electrons. The Kier molecular flexibility index (Phi) is 6.08. The fourth-order valence-electron chi connectivity index (χ4n) is 3.71. The minimum absolute atomic E-state index is 0.00715. The average molecular weight is 409 g/mol. The van der Waals surface area contributed by atoms with Crippen molar-refractivity contribution >= 4 is 11.6 Å². The second-order valence-electron chi connectivity index (χ2n) is 7.57. The minimum Gasteiger partial charge on any atom is -0.326 e. The van der Waals surface area contributed by atoms with Gasteiger partial charge in [-0.05, 0) is 40.5 Å². The Morgan fingerprint density at radius 3 is 1.87 bits per heavy atom. The Balaban J connectivity index is 1.49. The molecule has 0 bridgehead atoms. The van der Waals surface area contributed by atoms with Gasteiger partial charge in [0.05, 0.1) is 0 Å². The van der Waals surface area contributed by atoms with Crippen LogP contribution in [0.5, 0.6) is 0 Å². The monoisotopic (exact) mass is 408 g/mol. The standard InChI is InChI=1S/C27H24N2O2/c1-29-19-23(14-17-27(29)31)20-12-15-24(16-13-20)28-26(30)18-25(21-8-4-2-5-9-21)22-10-6-3-7-11-22/h2-17,19,25H,18H2,1H3,(H,28,30). The first-order valence-corrected chi connectivity index (χ1v) is 10.3. The molecule has 1 amide bonds. The zero-order valence-corrected chi connectivity index (χ0v) is 17.4. The second-order valence-corrected chi connectivity index (χ2v) is 7.57. The highest BCUT2D eigenvalue weighted by Gasteiger charge is 2.18. The van der Waals surface area contributed by atoms with E-state index in [2.05, 4.69) is 29.6 Å². The minimum atomic E-state index is -0.0426. The van der Waals surface area contributed by atoms with Gasteiger partial charge in [0.1, 0.15) is 0 Å². The summed E-state index contributed by atoms with van der Waals surface area (Å²) in [7, 11) is 1.73. The molecule has 4 heteroatoms. The lowest BCUT2D eigenvalue weighted by molar-refractivity contribution is -0.116. The molecule has 4 aromatic rings. The van der Waals surface area contributed by atoms with Gasteiger partial charge < -0.3 is 9.88 Å². The van der Waals surface area contributed by atoms with Crippen LogP contribution in [-0.4, -0.2) is 10.5 Å². The molecule has 1 heterocycles. The predicted octanol–water partition coefficient (Wildman–Crippen LogP) is 5.21. The number of hydrogen-bond donors (Lipinski definition) is 1. The Morgan fingerprint density at radius 2 is 1.32 bits per heavy atom. The number of pyridine rings is 1. The molecule has 0 unspecified atom stereocenters. The van der Waals surface area contributed by atoms with Crippen molar-refractivity contribution in [3.05, 3.63) is 125 Å². The molecule has 0 aliphatic carbocycles. The third-order valence-electron chi connectivity index (χ3n) is 5.38. The number of anilines is 1. The first-order chi connectivity index (χ1) is 15.1. The van der Waals surface area contributed by atoms with Gasteiger partial charge in [0.2, 0.25) is 11.5 Å². The van der Waals surface area contributed by atoms with E-state index in [1.807, 2.05) is 60.7 Å². The van der Waals surface area contributed by atoms with Crippen molar-refractivity contribution in [1.82, 2.24) is 4.57 Å². The number of carbonyl (C=O) groups is 1. The summed E-state index contributed by atoms with van der Waals surface area (Å²) in [6.45, 7) is 0. The largest absolute Gasteiger partial charge is 0.326 e. The van der Waals surface area contributed by atoms with Crippen molar-refractivity contribution < 1.29 is 4.79 Å². The summed E-state index contributed by atoms with van der Waals surface area (Å²) in [6, 6.07) is 31.2. The summed E-state index contributed by atoms with van der Waals surface area (Å²) in [5, 5.41) is 3.02. The molecule has 31 heavy (non-hydrogen) atoms. The highest BCUT2D eigenvalue weighted by Crippen LogP contribution is 2.28. The van der Waals surface area contributed by atoms with E-state index >= 15 is 0 Å². The first kappa shape index (κ1) is 20.4. The van der Waals surface area contributed by atoms with Gasteiger partial charge in [-0.25, -0.2) is 0 Å². The zero-order valence-electron chi connectivity index (χ0n) is 17.4. The fourth-order valence-corrected chi connectivity index (χ4v) is 3.71. The molecule has 4 nitrogen and oxygen atoms in total. The van der Waals surface area contributed by atoms with E-state index in [4.69, 9.17) is 0 Å². The Labute approximate surface area is 181 Å². The maximum absolute atomic E-state index is 12.9. The second kappa shape index (κ2) is 9.26. The molecule has 0 aliphatic heterocycles. The number of hydrogen-bond acceptors (Lipinski definition) is 2. The lowest BCUT2D eigenvalue weighted by atomic mass is 9.88. The van der Waals surface area contributed by atoms with E-state index in [1.165, 1.54) is 0 Å². The van der Waals surface area contributed by atoms with Crippen molar-refractivity contribution in [1.29, 1.82) is 0 Å². The molecular formula is C27H24N2O2. The molecular weight excluding hydrogens is 384 g/mol. The van der Waals surface area contributed by atoms with Crippen LogP contribution in [-0.2, 0) is 11.8 Å². The van der Waals surface area contributed by atoms with Gasteiger partial charge in [0.25, 0.3) is 0 Å². The smallest absolute Gasteiger partial charge is 0.250 e. The van der Waals surface area contributed by atoms with E-state index < -0.39 is 0 Å². The molecule has 0 spiro atoms. The summed E-state index contributed by atoms with van der Waals surface area (Å²) in [5.41, 5.74) is 4.88. The van der Waals surface area contributed by atoms with Gasteiger partial charge in [-0.3, -0.25) is 9.59 Å². The molecule has 0 fully saturated rings. The van der Waals surface area contributed by atoms with E-state index in [-0.39, 0.29) is 17.4 Å². The normalized spacial score (nSPS) is 10.8. The summed E-state index contributed by atoms with van der Waals surface area (Å²) in [6.07, 6.45) is 2.16. The van der Waals surface area contributed by atoms with Crippen molar-refractivity contribution in [3.8, 4) is 11.1 Å². The van der Waals surface area contributed by atoms with Crippen LogP contribution in [0.15, 0.2) is 108 Å². The van der Waals surface area contributed by atoms with Crippen LogP contribution < -0.4 is 10.9 Å². The SMILES string of the molecule is Cn1cc(-c2ccc(NC(=O)CC(c3ccccc3)c3ccccc3)cc2)ccc1=O. The van der Waals surface area contributed by atoms with Crippen LogP contribution in [0, 0.1) is 0 Å². The topological polar surface area (TPSA) is 51.1 Å². The number of carbonyl (C=O) groups excluding carboxylic acids is 1. The van der Waals surface area contributed by atoms with Crippen LogP contribution in [0.1, 0.15) is 23.5 Å². The van der Waals surface area contributed by atoms with Gasteiger partial charge in [0, 0.05) is 37.3 Å². The van der Waals surface area contributed by atoms with Crippen LogP contribution in [0.25, 0.3) is 11.1 Å². The van der Waals surface area contributed by atoms with E-state index in [9.17, 15) is 9.59 Å². The number of aromatic nitrogens is 1. The van der Waals surface area contributed by atoms with Gasteiger partial charge in [-0.2, -0.15) is 0 Å². The maximum atomic E-state index is 12.9. The Hall–Kier alpha value is -3.92. The predicted molar refractivity (Wildman–Crippen MR) is 125 cm³/mol. The van der Waals surface area contributed by atoms with Gasteiger partial charge in [-0.15, -0.1) is 0 Å². The number of aryl methyl sites for hydroxylation is 1. The Bertz CT molecular complexity index is 1170. The lowest BCUT2D eigenvalue weighted by Gasteiger charge is -2.18. The molecule has 154 valence electrons. The van der Waals surface area contributed by atoms with Crippen molar-refractivity contribution in [2.24, 2.45) is 7.05 Å². The van der Waals surface area contributed by atoms with Crippen LogP contribution in [0.2, 0.25) is 0 Å². The third kappa shape index (κ3) is 4.98.